The first-order chi connectivity index (χ1) is 15.2. The highest BCUT2D eigenvalue weighted by molar-refractivity contribution is 5.98. The Bertz CT molecular complexity index is 1220. The van der Waals surface area contributed by atoms with Crippen LogP contribution in [-0.4, -0.2) is 45.4 Å². The van der Waals surface area contributed by atoms with Crippen LogP contribution in [0.2, 0.25) is 0 Å². The minimum absolute atomic E-state index is 0.0243. The van der Waals surface area contributed by atoms with Gasteiger partial charge in [-0.1, -0.05) is 53.7 Å². The number of amides is 1. The van der Waals surface area contributed by atoms with Crippen molar-refractivity contribution in [3.8, 4) is 11.3 Å². The number of nitrogens with one attached hydrogen (secondary N) is 2. The monoisotopic (exact) mass is 416 g/mol. The Morgan fingerprint density at radius 2 is 1.81 bits per heavy atom. The first-order valence-electron chi connectivity index (χ1n) is 10.3. The van der Waals surface area contributed by atoms with Gasteiger partial charge >= 0.3 is 0 Å². The summed E-state index contributed by atoms with van der Waals surface area (Å²) in [7, 11) is 0. The van der Waals surface area contributed by atoms with Crippen molar-refractivity contribution in [3.63, 3.8) is 0 Å². The molecule has 0 atom stereocenters. The molecule has 0 radical (unpaired) electrons. The van der Waals surface area contributed by atoms with Crippen molar-refractivity contribution >= 4 is 17.1 Å². The number of carbonyl (C=O) groups excluding carboxylic acids is 1. The SMILES string of the molecule is CCN(CCCNC(=O)c1nnn2cc(-c3ccccc3)[nH]c(=O)c12)c1ccccc1. The summed E-state index contributed by atoms with van der Waals surface area (Å²) in [6.07, 6.45) is 2.43. The number of para-hydroxylation sites is 1. The van der Waals surface area contributed by atoms with Crippen molar-refractivity contribution in [3.05, 3.63) is 82.9 Å². The van der Waals surface area contributed by atoms with E-state index in [0.29, 0.717) is 12.2 Å². The van der Waals surface area contributed by atoms with Crippen LogP contribution in [0.15, 0.2) is 71.7 Å². The highest BCUT2D eigenvalue weighted by atomic mass is 16.2. The van der Waals surface area contributed by atoms with Gasteiger partial charge in [0.05, 0.1) is 11.9 Å². The summed E-state index contributed by atoms with van der Waals surface area (Å²) in [5.41, 5.74) is 2.37. The number of anilines is 1. The smallest absolute Gasteiger partial charge is 0.276 e. The average molecular weight is 416 g/mol. The van der Waals surface area contributed by atoms with Gasteiger partial charge in [-0.2, -0.15) is 0 Å². The summed E-state index contributed by atoms with van der Waals surface area (Å²) < 4.78 is 1.35. The van der Waals surface area contributed by atoms with Crippen molar-refractivity contribution < 1.29 is 4.79 Å². The Labute approximate surface area is 179 Å². The summed E-state index contributed by atoms with van der Waals surface area (Å²) in [4.78, 5) is 30.3. The van der Waals surface area contributed by atoms with Gasteiger partial charge in [-0.05, 0) is 31.0 Å². The molecule has 0 unspecified atom stereocenters. The lowest BCUT2D eigenvalue weighted by Gasteiger charge is -2.23. The summed E-state index contributed by atoms with van der Waals surface area (Å²) in [6.45, 7) is 4.27. The van der Waals surface area contributed by atoms with E-state index in [4.69, 9.17) is 0 Å². The molecule has 4 aromatic rings. The number of fused-ring (bicyclic) bond motifs is 1. The zero-order valence-electron chi connectivity index (χ0n) is 17.3. The molecule has 0 saturated heterocycles. The predicted octanol–water partition coefficient (Wildman–Crippen LogP) is 2.73. The zero-order chi connectivity index (χ0) is 21.6. The van der Waals surface area contributed by atoms with Crippen LogP contribution in [0.25, 0.3) is 16.8 Å². The zero-order valence-corrected chi connectivity index (χ0v) is 17.3. The molecule has 4 rings (SSSR count). The molecule has 0 bridgehead atoms. The Balaban J connectivity index is 1.42. The van der Waals surface area contributed by atoms with Crippen LogP contribution in [0, 0.1) is 0 Å². The van der Waals surface area contributed by atoms with Gasteiger partial charge < -0.3 is 15.2 Å². The molecule has 0 aliphatic rings. The molecule has 31 heavy (non-hydrogen) atoms. The van der Waals surface area contributed by atoms with E-state index in [2.05, 4.69) is 44.6 Å². The van der Waals surface area contributed by atoms with Crippen molar-refractivity contribution in [1.82, 2.24) is 25.1 Å². The van der Waals surface area contributed by atoms with Gasteiger partial charge in [0, 0.05) is 25.3 Å². The number of carbonyl (C=O) groups is 1. The molecule has 0 spiro atoms. The molecular formula is C23H24N6O2. The molecular weight excluding hydrogens is 392 g/mol. The van der Waals surface area contributed by atoms with Crippen molar-refractivity contribution in [2.75, 3.05) is 24.5 Å². The number of benzene rings is 2. The minimum Gasteiger partial charge on any atom is -0.372 e. The lowest BCUT2D eigenvalue weighted by atomic mass is 10.2. The second kappa shape index (κ2) is 9.25. The largest absolute Gasteiger partial charge is 0.372 e. The second-order valence-electron chi connectivity index (χ2n) is 7.12. The average Bonchev–Trinajstić information content (AvgIpc) is 3.25. The standard InChI is InChI=1S/C23H24N6O2/c1-2-28(18-12-7-4-8-13-18)15-9-14-24-22(30)20-21-23(31)25-19(16-29(21)27-26-20)17-10-5-3-6-11-17/h3-8,10-13,16H,2,9,14-15H2,1H3,(H,24,30)(H,25,31). The van der Waals surface area contributed by atoms with Gasteiger partial charge in [-0.15, -0.1) is 5.10 Å². The first kappa shape index (κ1) is 20.3. The molecule has 2 heterocycles. The maximum atomic E-state index is 12.6. The van der Waals surface area contributed by atoms with Gasteiger partial charge in [-0.3, -0.25) is 9.59 Å². The second-order valence-corrected chi connectivity index (χ2v) is 7.12. The van der Waals surface area contributed by atoms with E-state index in [9.17, 15) is 9.59 Å². The van der Waals surface area contributed by atoms with Gasteiger partial charge in [0.15, 0.2) is 11.2 Å². The fraction of sp³-hybridized carbons (Fsp3) is 0.217. The number of hydrogen-bond donors (Lipinski definition) is 2. The third-order valence-electron chi connectivity index (χ3n) is 5.10. The third-order valence-corrected chi connectivity index (χ3v) is 5.10. The fourth-order valence-electron chi connectivity index (χ4n) is 3.51. The van der Waals surface area contributed by atoms with E-state index >= 15 is 0 Å². The summed E-state index contributed by atoms with van der Waals surface area (Å²) >= 11 is 0. The van der Waals surface area contributed by atoms with E-state index < -0.39 is 11.5 Å². The molecule has 8 nitrogen and oxygen atoms in total. The van der Waals surface area contributed by atoms with Crippen molar-refractivity contribution in [1.29, 1.82) is 0 Å². The maximum absolute atomic E-state index is 12.6. The number of rotatable bonds is 8. The summed E-state index contributed by atoms with van der Waals surface area (Å²) in [5, 5.41) is 10.8. The van der Waals surface area contributed by atoms with Crippen LogP contribution >= 0.6 is 0 Å². The third kappa shape index (κ3) is 4.48. The summed E-state index contributed by atoms with van der Waals surface area (Å²) in [5.74, 6) is -0.407. The van der Waals surface area contributed by atoms with Crippen LogP contribution in [0.5, 0.6) is 0 Å². The number of aromatic amines is 1. The molecule has 0 saturated carbocycles. The van der Waals surface area contributed by atoms with Gasteiger partial charge in [0.1, 0.15) is 0 Å². The van der Waals surface area contributed by atoms with E-state index in [1.165, 1.54) is 4.52 Å². The van der Waals surface area contributed by atoms with Crippen LogP contribution in [0.1, 0.15) is 23.8 Å². The normalized spacial score (nSPS) is 10.9. The molecule has 0 aliphatic heterocycles. The Morgan fingerprint density at radius 1 is 1.10 bits per heavy atom. The fourth-order valence-corrected chi connectivity index (χ4v) is 3.51. The van der Waals surface area contributed by atoms with Crippen molar-refractivity contribution in [2.24, 2.45) is 0 Å². The quantitative estimate of drug-likeness (QED) is 0.431. The highest BCUT2D eigenvalue weighted by Crippen LogP contribution is 2.15. The number of hydrogen-bond acceptors (Lipinski definition) is 5. The van der Waals surface area contributed by atoms with E-state index in [-0.39, 0.29) is 11.2 Å². The van der Waals surface area contributed by atoms with E-state index in [1.807, 2.05) is 48.5 Å². The van der Waals surface area contributed by atoms with Crippen LogP contribution in [0.4, 0.5) is 5.69 Å². The highest BCUT2D eigenvalue weighted by Gasteiger charge is 2.18. The topological polar surface area (TPSA) is 95.4 Å². The molecule has 158 valence electrons. The summed E-state index contributed by atoms with van der Waals surface area (Å²) in [6, 6.07) is 19.6. The minimum atomic E-state index is -0.407. The van der Waals surface area contributed by atoms with Gasteiger partial charge in [0.25, 0.3) is 11.5 Å². The van der Waals surface area contributed by atoms with Crippen LogP contribution < -0.4 is 15.8 Å². The lowest BCUT2D eigenvalue weighted by Crippen LogP contribution is -2.30. The van der Waals surface area contributed by atoms with Gasteiger partial charge in [-0.25, -0.2) is 4.52 Å². The molecule has 2 N–H and O–H groups in total. The maximum Gasteiger partial charge on any atom is 0.276 e. The Hall–Kier alpha value is -3.94. The van der Waals surface area contributed by atoms with Crippen LogP contribution in [0.3, 0.4) is 0 Å². The molecule has 1 amide bonds. The molecule has 2 aromatic heterocycles. The van der Waals surface area contributed by atoms with E-state index in [1.54, 1.807) is 6.20 Å². The number of H-pyrrole nitrogens is 1. The predicted molar refractivity (Wildman–Crippen MR) is 120 cm³/mol. The number of nitrogens with zero attached hydrogens (tertiary/aromatic N) is 4. The molecule has 0 aliphatic carbocycles. The molecule has 0 fully saturated rings. The Morgan fingerprint density at radius 3 is 2.52 bits per heavy atom. The van der Waals surface area contributed by atoms with Gasteiger partial charge in [0.2, 0.25) is 0 Å². The first-order valence-corrected chi connectivity index (χ1v) is 10.3. The van der Waals surface area contributed by atoms with Crippen LogP contribution in [-0.2, 0) is 0 Å². The molecule has 8 heteroatoms. The number of aromatic nitrogens is 4. The van der Waals surface area contributed by atoms with E-state index in [0.717, 1.165) is 30.8 Å². The van der Waals surface area contributed by atoms with Crippen molar-refractivity contribution in [2.45, 2.75) is 13.3 Å². The lowest BCUT2D eigenvalue weighted by molar-refractivity contribution is 0.0950. The molecule has 2 aromatic carbocycles. The Kier molecular flexibility index (Phi) is 6.07.